The van der Waals surface area contributed by atoms with Gasteiger partial charge < -0.3 is 10.4 Å². The molecule has 1 aromatic carbocycles. The summed E-state index contributed by atoms with van der Waals surface area (Å²) in [6.45, 7) is 1.69. The third-order valence-electron chi connectivity index (χ3n) is 3.31. The van der Waals surface area contributed by atoms with E-state index < -0.39 is 23.2 Å². The maximum atomic E-state index is 12.6. The summed E-state index contributed by atoms with van der Waals surface area (Å²) in [7, 11) is 0. The van der Waals surface area contributed by atoms with Crippen molar-refractivity contribution in [2.45, 2.75) is 31.5 Å². The van der Waals surface area contributed by atoms with Crippen molar-refractivity contribution in [1.82, 2.24) is 0 Å². The van der Waals surface area contributed by atoms with Crippen molar-refractivity contribution in [3.05, 3.63) is 29.3 Å². The Bertz CT molecular complexity index is 499. The van der Waals surface area contributed by atoms with E-state index in [1.54, 1.807) is 6.92 Å². The summed E-state index contributed by atoms with van der Waals surface area (Å²) in [4.78, 5) is 11.2. The second-order valence-electron chi connectivity index (χ2n) is 4.41. The Morgan fingerprint density at radius 3 is 2.67 bits per heavy atom. The van der Waals surface area contributed by atoms with Crippen LogP contribution in [0, 0.1) is 0 Å². The zero-order valence-corrected chi connectivity index (χ0v) is 9.64. The van der Waals surface area contributed by atoms with E-state index in [9.17, 15) is 23.1 Å². The van der Waals surface area contributed by atoms with Gasteiger partial charge in [0.15, 0.2) is 0 Å². The minimum absolute atomic E-state index is 0.0675. The maximum absolute atomic E-state index is 12.6. The quantitative estimate of drug-likeness (QED) is 0.858. The number of alkyl halides is 3. The van der Waals surface area contributed by atoms with Gasteiger partial charge in [-0.15, -0.1) is 0 Å². The summed E-state index contributed by atoms with van der Waals surface area (Å²) in [5.74, 6) is -1.05. The molecule has 0 aliphatic carbocycles. The number of hydrogen-bond donors (Lipinski definition) is 2. The van der Waals surface area contributed by atoms with Gasteiger partial charge in [-0.05, 0) is 30.2 Å². The van der Waals surface area contributed by atoms with Gasteiger partial charge in [-0.3, -0.25) is 0 Å². The molecule has 0 saturated carbocycles. The molecule has 2 N–H and O–H groups in total. The van der Waals surface area contributed by atoms with Crippen LogP contribution in [0.5, 0.6) is 0 Å². The van der Waals surface area contributed by atoms with Crippen molar-refractivity contribution in [3.8, 4) is 0 Å². The molecule has 0 aromatic heterocycles. The summed E-state index contributed by atoms with van der Waals surface area (Å²) in [5, 5.41) is 12.0. The van der Waals surface area contributed by atoms with Crippen LogP contribution in [0.4, 0.5) is 18.9 Å². The Morgan fingerprint density at radius 1 is 1.50 bits per heavy atom. The smallest absolute Gasteiger partial charge is 0.416 e. The number of carbonyl (C=O) groups is 1. The molecular formula is C12H12F3NO2. The summed E-state index contributed by atoms with van der Waals surface area (Å²) < 4.78 is 37.7. The molecule has 1 aliphatic rings. The van der Waals surface area contributed by atoms with Gasteiger partial charge in [0, 0.05) is 12.1 Å². The van der Waals surface area contributed by atoms with Crippen molar-refractivity contribution in [2.24, 2.45) is 0 Å². The molecule has 0 fully saturated rings. The van der Waals surface area contributed by atoms with E-state index >= 15 is 0 Å². The van der Waals surface area contributed by atoms with Crippen LogP contribution in [0.3, 0.4) is 0 Å². The van der Waals surface area contributed by atoms with Gasteiger partial charge in [-0.25, -0.2) is 4.79 Å². The van der Waals surface area contributed by atoms with Gasteiger partial charge >= 0.3 is 12.1 Å². The standard InChI is InChI=1S/C12H12F3NO2/c1-2-11(10(17)18)6-7-5-8(12(13,14)15)3-4-9(7)16-11/h3-5,16H,2,6H2,1H3,(H,17,18). The lowest BCUT2D eigenvalue weighted by atomic mass is 9.92. The molecule has 1 heterocycles. The number of fused-ring (bicyclic) bond motifs is 1. The van der Waals surface area contributed by atoms with Crippen molar-refractivity contribution in [3.63, 3.8) is 0 Å². The van der Waals surface area contributed by atoms with E-state index in [4.69, 9.17) is 0 Å². The predicted octanol–water partition coefficient (Wildman–Crippen LogP) is 2.91. The van der Waals surface area contributed by atoms with Crippen LogP contribution in [-0.2, 0) is 17.4 Å². The summed E-state index contributed by atoms with van der Waals surface area (Å²) in [5.41, 5.74) is -1.08. The molecule has 1 unspecified atom stereocenters. The van der Waals surface area contributed by atoms with E-state index in [1.165, 1.54) is 6.07 Å². The van der Waals surface area contributed by atoms with Crippen molar-refractivity contribution in [2.75, 3.05) is 5.32 Å². The first-order valence-corrected chi connectivity index (χ1v) is 5.50. The first-order chi connectivity index (χ1) is 8.28. The van der Waals surface area contributed by atoms with E-state index in [1.807, 2.05) is 0 Å². The molecule has 0 amide bonds. The van der Waals surface area contributed by atoms with Crippen LogP contribution in [-0.4, -0.2) is 16.6 Å². The van der Waals surface area contributed by atoms with E-state index in [2.05, 4.69) is 5.32 Å². The fourth-order valence-electron chi connectivity index (χ4n) is 2.16. The zero-order valence-electron chi connectivity index (χ0n) is 9.64. The first kappa shape index (κ1) is 12.7. The van der Waals surface area contributed by atoms with Crippen molar-refractivity contribution >= 4 is 11.7 Å². The average molecular weight is 259 g/mol. The molecule has 1 aliphatic heterocycles. The largest absolute Gasteiger partial charge is 0.479 e. The predicted molar refractivity (Wildman–Crippen MR) is 59.4 cm³/mol. The van der Waals surface area contributed by atoms with Gasteiger partial charge in [0.2, 0.25) is 0 Å². The highest BCUT2D eigenvalue weighted by molar-refractivity contribution is 5.86. The highest BCUT2D eigenvalue weighted by atomic mass is 19.4. The number of carboxylic acids is 1. The summed E-state index contributed by atoms with van der Waals surface area (Å²) >= 11 is 0. The Hall–Kier alpha value is -1.72. The van der Waals surface area contributed by atoms with Crippen LogP contribution in [0.15, 0.2) is 18.2 Å². The minimum Gasteiger partial charge on any atom is -0.479 e. The second kappa shape index (κ2) is 3.90. The topological polar surface area (TPSA) is 49.3 Å². The Kier molecular flexibility index (Phi) is 2.76. The molecule has 98 valence electrons. The highest BCUT2D eigenvalue weighted by Gasteiger charge is 2.43. The number of anilines is 1. The van der Waals surface area contributed by atoms with Gasteiger partial charge in [0.25, 0.3) is 0 Å². The Morgan fingerprint density at radius 2 is 2.17 bits per heavy atom. The third kappa shape index (κ3) is 1.91. The number of benzene rings is 1. The lowest BCUT2D eigenvalue weighted by Gasteiger charge is -2.23. The lowest BCUT2D eigenvalue weighted by Crippen LogP contribution is -2.44. The normalized spacial score (nSPS) is 22.4. The van der Waals surface area contributed by atoms with Crippen LogP contribution in [0.2, 0.25) is 0 Å². The van der Waals surface area contributed by atoms with E-state index in [0.717, 1.165) is 12.1 Å². The van der Waals surface area contributed by atoms with Crippen LogP contribution < -0.4 is 5.32 Å². The van der Waals surface area contributed by atoms with E-state index in [-0.39, 0.29) is 6.42 Å². The first-order valence-electron chi connectivity index (χ1n) is 5.50. The molecule has 3 nitrogen and oxygen atoms in total. The second-order valence-corrected chi connectivity index (χ2v) is 4.41. The third-order valence-corrected chi connectivity index (χ3v) is 3.31. The molecule has 0 bridgehead atoms. The molecular weight excluding hydrogens is 247 g/mol. The minimum atomic E-state index is -4.41. The summed E-state index contributed by atoms with van der Waals surface area (Å²) in [6.07, 6.45) is -4.04. The van der Waals surface area contributed by atoms with Gasteiger partial charge in [-0.2, -0.15) is 13.2 Å². The monoisotopic (exact) mass is 259 g/mol. The summed E-state index contributed by atoms with van der Waals surface area (Å²) in [6, 6.07) is 3.26. The number of aliphatic carboxylic acids is 1. The number of rotatable bonds is 2. The van der Waals surface area contributed by atoms with Gasteiger partial charge in [-0.1, -0.05) is 6.92 Å². The van der Waals surface area contributed by atoms with Crippen molar-refractivity contribution in [1.29, 1.82) is 0 Å². The molecule has 6 heteroatoms. The SMILES string of the molecule is CCC1(C(=O)O)Cc2cc(C(F)(F)F)ccc2N1. The average Bonchev–Trinajstić information content (AvgIpc) is 2.66. The van der Waals surface area contributed by atoms with Crippen molar-refractivity contribution < 1.29 is 23.1 Å². The number of carboxylic acid groups (broad SMARTS) is 1. The zero-order chi connectivity index (χ0) is 13.6. The van der Waals surface area contributed by atoms with E-state index in [0.29, 0.717) is 17.7 Å². The highest BCUT2D eigenvalue weighted by Crippen LogP contribution is 2.38. The molecule has 1 atom stereocenters. The lowest BCUT2D eigenvalue weighted by molar-refractivity contribution is -0.142. The molecule has 0 radical (unpaired) electrons. The van der Waals surface area contributed by atoms with Gasteiger partial charge in [0.1, 0.15) is 5.54 Å². The Labute approximate surface area is 102 Å². The fourth-order valence-corrected chi connectivity index (χ4v) is 2.16. The molecule has 1 aromatic rings. The van der Waals surface area contributed by atoms with Crippen LogP contribution >= 0.6 is 0 Å². The molecule has 18 heavy (non-hydrogen) atoms. The maximum Gasteiger partial charge on any atom is 0.416 e. The van der Waals surface area contributed by atoms with Crippen LogP contribution in [0.1, 0.15) is 24.5 Å². The number of hydrogen-bond acceptors (Lipinski definition) is 2. The van der Waals surface area contributed by atoms with Gasteiger partial charge in [0.05, 0.1) is 5.56 Å². The number of nitrogens with one attached hydrogen (secondary N) is 1. The molecule has 2 rings (SSSR count). The number of halogens is 3. The van der Waals surface area contributed by atoms with Crippen LogP contribution in [0.25, 0.3) is 0 Å². The molecule has 0 saturated heterocycles. The molecule has 0 spiro atoms. The Balaban J connectivity index is 2.39. The fraction of sp³-hybridized carbons (Fsp3) is 0.417.